The Hall–Kier alpha value is -2.12. The number of hydrogen-bond acceptors (Lipinski definition) is 5. The summed E-state index contributed by atoms with van der Waals surface area (Å²) in [6.45, 7) is 3.08. The number of benzene rings is 1. The van der Waals surface area contributed by atoms with E-state index in [-0.39, 0.29) is 30.5 Å². The molecule has 146 valence electrons. The molecule has 0 radical (unpaired) electrons. The molecule has 1 N–H and O–H groups in total. The van der Waals surface area contributed by atoms with E-state index in [2.05, 4.69) is 5.32 Å². The molecule has 27 heavy (non-hydrogen) atoms. The second-order valence-electron chi connectivity index (χ2n) is 7.41. The van der Waals surface area contributed by atoms with Crippen LogP contribution in [-0.4, -0.2) is 73.7 Å². The Labute approximate surface area is 159 Å². The molecule has 1 aromatic rings. The number of carbonyl (C=O) groups is 2. The van der Waals surface area contributed by atoms with Crippen LogP contribution in [0.15, 0.2) is 24.3 Å². The van der Waals surface area contributed by atoms with Gasteiger partial charge in [0.2, 0.25) is 5.91 Å². The van der Waals surface area contributed by atoms with E-state index in [0.29, 0.717) is 6.54 Å². The second-order valence-corrected chi connectivity index (χ2v) is 7.41. The van der Waals surface area contributed by atoms with Crippen LogP contribution in [0.5, 0.6) is 5.75 Å². The van der Waals surface area contributed by atoms with E-state index >= 15 is 0 Å². The van der Waals surface area contributed by atoms with E-state index in [9.17, 15) is 9.59 Å². The maximum Gasteiger partial charge on any atom is 0.254 e. The van der Waals surface area contributed by atoms with Gasteiger partial charge in [-0.15, -0.1) is 0 Å². The summed E-state index contributed by atoms with van der Waals surface area (Å²) in [4.78, 5) is 29.7. The van der Waals surface area contributed by atoms with E-state index < -0.39 is 6.10 Å². The van der Waals surface area contributed by atoms with Crippen LogP contribution in [0.25, 0.3) is 0 Å². The number of ether oxygens (including phenoxy) is 2. The number of hydrogen-bond donors (Lipinski definition) is 1. The number of methoxy groups -OCH3 is 1. The Balaban J connectivity index is 1.64. The number of morpholine rings is 1. The lowest BCUT2D eigenvalue weighted by atomic mass is 9.96. The fraction of sp³-hybridized carbons (Fsp3) is 0.600. The molecule has 1 saturated carbocycles. The molecule has 0 bridgehead atoms. The monoisotopic (exact) mass is 373 g/mol. The molecule has 7 nitrogen and oxygen atoms in total. The highest BCUT2D eigenvalue weighted by Gasteiger charge is 2.48. The van der Waals surface area contributed by atoms with Crippen molar-refractivity contribution in [1.82, 2.24) is 15.1 Å². The highest BCUT2D eigenvalue weighted by molar-refractivity contribution is 5.87. The van der Waals surface area contributed by atoms with Gasteiger partial charge in [-0.2, -0.15) is 0 Å². The Bertz CT molecular complexity index is 681. The zero-order valence-electron chi connectivity index (χ0n) is 15.7. The van der Waals surface area contributed by atoms with Gasteiger partial charge in [-0.05, 0) is 43.5 Å². The Kier molecular flexibility index (Phi) is 5.31. The molecule has 3 aliphatic rings. The zero-order valence-corrected chi connectivity index (χ0v) is 15.7. The maximum absolute atomic E-state index is 13.3. The number of rotatable bonds is 4. The minimum atomic E-state index is -0.658. The van der Waals surface area contributed by atoms with E-state index in [1.165, 1.54) is 0 Å². The van der Waals surface area contributed by atoms with Gasteiger partial charge in [0, 0.05) is 25.7 Å². The molecule has 4 rings (SSSR count). The standard InChI is InChI=1S/C20H27N3O4/c1-26-16-7-3-14(4-8-16)18-19(20(25)22-11-2-9-21-10-12-22)27-13-17(24)23(18)15-5-6-15/h3-4,7-8,15,18-19,21H,2,5-6,9-13H2,1H3/t18-,19+/m1/s1. The number of carbonyl (C=O) groups excluding carboxylic acids is 2. The van der Waals surface area contributed by atoms with Crippen LogP contribution >= 0.6 is 0 Å². The lowest BCUT2D eigenvalue weighted by molar-refractivity contribution is -0.170. The SMILES string of the molecule is COc1ccc([C@@H]2[C@@H](C(=O)N3CCCNCC3)OCC(=O)N2C2CC2)cc1. The molecule has 0 unspecified atom stereocenters. The van der Waals surface area contributed by atoms with Gasteiger partial charge in [0.05, 0.1) is 13.2 Å². The van der Waals surface area contributed by atoms with Crippen molar-refractivity contribution in [3.8, 4) is 5.75 Å². The summed E-state index contributed by atoms with van der Waals surface area (Å²) in [6, 6.07) is 7.45. The molecule has 1 aromatic carbocycles. The minimum absolute atomic E-state index is 0.0160. The van der Waals surface area contributed by atoms with Crippen LogP contribution < -0.4 is 10.1 Å². The molecule has 2 atom stereocenters. The van der Waals surface area contributed by atoms with Crippen LogP contribution in [0.1, 0.15) is 30.9 Å². The van der Waals surface area contributed by atoms with Gasteiger partial charge in [0.25, 0.3) is 5.91 Å². The third-order valence-electron chi connectivity index (χ3n) is 5.55. The summed E-state index contributed by atoms with van der Waals surface area (Å²) in [5.74, 6) is 0.707. The summed E-state index contributed by atoms with van der Waals surface area (Å²) in [7, 11) is 1.62. The molecule has 2 aliphatic heterocycles. The molecule has 0 aromatic heterocycles. The fourth-order valence-electron chi connectivity index (χ4n) is 4.00. The predicted molar refractivity (Wildman–Crippen MR) is 99.4 cm³/mol. The van der Waals surface area contributed by atoms with E-state index in [1.807, 2.05) is 34.1 Å². The number of nitrogens with zero attached hydrogens (tertiary/aromatic N) is 2. The van der Waals surface area contributed by atoms with E-state index in [1.54, 1.807) is 7.11 Å². The van der Waals surface area contributed by atoms with Crippen molar-refractivity contribution in [3.63, 3.8) is 0 Å². The summed E-state index contributed by atoms with van der Waals surface area (Å²) < 4.78 is 11.1. The number of nitrogens with one attached hydrogen (secondary N) is 1. The first-order valence-corrected chi connectivity index (χ1v) is 9.75. The molecule has 1 aliphatic carbocycles. The Morgan fingerprint density at radius 1 is 1.19 bits per heavy atom. The zero-order chi connectivity index (χ0) is 18.8. The molecule has 2 saturated heterocycles. The van der Waals surface area contributed by atoms with Crippen LogP contribution in [0.2, 0.25) is 0 Å². The van der Waals surface area contributed by atoms with Crippen molar-refractivity contribution in [2.24, 2.45) is 0 Å². The first kappa shape index (κ1) is 18.3. The first-order valence-electron chi connectivity index (χ1n) is 9.75. The number of amides is 2. The lowest BCUT2D eigenvalue weighted by Crippen LogP contribution is -2.56. The topological polar surface area (TPSA) is 71.1 Å². The van der Waals surface area contributed by atoms with Gasteiger partial charge < -0.3 is 24.6 Å². The lowest BCUT2D eigenvalue weighted by Gasteiger charge is -2.42. The van der Waals surface area contributed by atoms with E-state index in [4.69, 9.17) is 9.47 Å². The normalized spacial score (nSPS) is 26.6. The first-order chi connectivity index (χ1) is 13.2. The Morgan fingerprint density at radius 3 is 2.67 bits per heavy atom. The molecule has 0 spiro atoms. The van der Waals surface area contributed by atoms with Gasteiger partial charge in [0.15, 0.2) is 6.10 Å². The van der Waals surface area contributed by atoms with Crippen LogP contribution in [0, 0.1) is 0 Å². The fourth-order valence-corrected chi connectivity index (χ4v) is 4.00. The van der Waals surface area contributed by atoms with Crippen molar-refractivity contribution < 1.29 is 19.1 Å². The van der Waals surface area contributed by atoms with Crippen molar-refractivity contribution in [2.45, 2.75) is 37.5 Å². The van der Waals surface area contributed by atoms with Crippen LogP contribution in [0.4, 0.5) is 0 Å². The molecule has 7 heteroatoms. The average molecular weight is 373 g/mol. The Morgan fingerprint density at radius 2 is 1.96 bits per heavy atom. The molecular weight excluding hydrogens is 346 g/mol. The smallest absolute Gasteiger partial charge is 0.254 e. The maximum atomic E-state index is 13.3. The van der Waals surface area contributed by atoms with Crippen molar-refractivity contribution >= 4 is 11.8 Å². The highest BCUT2D eigenvalue weighted by Crippen LogP contribution is 2.40. The average Bonchev–Trinajstić information content (AvgIpc) is 3.54. The molecule has 3 fully saturated rings. The van der Waals surface area contributed by atoms with Crippen molar-refractivity contribution in [2.75, 3.05) is 39.9 Å². The summed E-state index contributed by atoms with van der Waals surface area (Å²) in [6.07, 6.45) is 2.26. The van der Waals surface area contributed by atoms with Gasteiger partial charge in [-0.1, -0.05) is 12.1 Å². The predicted octanol–water partition coefficient (Wildman–Crippen LogP) is 0.948. The van der Waals surface area contributed by atoms with Crippen LogP contribution in [-0.2, 0) is 14.3 Å². The molecule has 2 heterocycles. The largest absolute Gasteiger partial charge is 0.497 e. The van der Waals surface area contributed by atoms with Crippen LogP contribution in [0.3, 0.4) is 0 Å². The van der Waals surface area contributed by atoms with Gasteiger partial charge in [0.1, 0.15) is 12.4 Å². The molecule has 2 amide bonds. The van der Waals surface area contributed by atoms with Gasteiger partial charge in [-0.3, -0.25) is 9.59 Å². The van der Waals surface area contributed by atoms with Gasteiger partial charge in [-0.25, -0.2) is 0 Å². The molecular formula is C20H27N3O4. The quantitative estimate of drug-likeness (QED) is 0.851. The third-order valence-corrected chi connectivity index (χ3v) is 5.55. The summed E-state index contributed by atoms with van der Waals surface area (Å²) in [5.41, 5.74) is 0.919. The second kappa shape index (κ2) is 7.86. The van der Waals surface area contributed by atoms with E-state index in [0.717, 1.165) is 50.2 Å². The minimum Gasteiger partial charge on any atom is -0.497 e. The summed E-state index contributed by atoms with van der Waals surface area (Å²) >= 11 is 0. The van der Waals surface area contributed by atoms with Crippen molar-refractivity contribution in [3.05, 3.63) is 29.8 Å². The van der Waals surface area contributed by atoms with Gasteiger partial charge >= 0.3 is 0 Å². The highest BCUT2D eigenvalue weighted by atomic mass is 16.5. The van der Waals surface area contributed by atoms with Crippen molar-refractivity contribution in [1.29, 1.82) is 0 Å². The third kappa shape index (κ3) is 3.80. The summed E-state index contributed by atoms with van der Waals surface area (Å²) in [5, 5.41) is 3.32.